The van der Waals surface area contributed by atoms with E-state index in [1.165, 1.54) is 32.4 Å². The number of rotatable bonds is 5. The van der Waals surface area contributed by atoms with Gasteiger partial charge in [0.05, 0.1) is 14.2 Å². The number of Topliss-reactive ketones (excluding diaryl/α,β-unsaturated/α-hetero) is 1. The lowest BCUT2D eigenvalue weighted by Crippen LogP contribution is -2.36. The number of hydrogen-bond donors (Lipinski definition) is 3. The van der Waals surface area contributed by atoms with Gasteiger partial charge in [0.15, 0.2) is 23.7 Å². The van der Waals surface area contributed by atoms with Crippen molar-refractivity contribution in [3.05, 3.63) is 52.6 Å². The minimum atomic E-state index is -1.55. The van der Waals surface area contributed by atoms with Gasteiger partial charge >= 0.3 is 0 Å². The van der Waals surface area contributed by atoms with E-state index in [-0.39, 0.29) is 28.6 Å². The third kappa shape index (κ3) is 3.73. The minimum absolute atomic E-state index is 0.0792. The van der Waals surface area contributed by atoms with Gasteiger partial charge in [-0.25, -0.2) is 0 Å². The molecule has 2 aromatic rings. The number of ketones is 1. The van der Waals surface area contributed by atoms with Crippen LogP contribution < -0.4 is 14.2 Å². The summed E-state index contributed by atoms with van der Waals surface area (Å²) in [5, 5.41) is 31.0. The van der Waals surface area contributed by atoms with E-state index >= 15 is 0 Å². The highest BCUT2D eigenvalue weighted by molar-refractivity contribution is 6.06. The number of allylic oxidation sites excluding steroid dienone is 2. The van der Waals surface area contributed by atoms with E-state index in [0.717, 1.165) is 5.57 Å². The van der Waals surface area contributed by atoms with Gasteiger partial charge in [0.1, 0.15) is 22.8 Å². The first-order valence-electron chi connectivity index (χ1n) is 9.10. The highest BCUT2D eigenvalue weighted by Crippen LogP contribution is 2.46. The van der Waals surface area contributed by atoms with E-state index in [2.05, 4.69) is 0 Å². The second kappa shape index (κ2) is 8.05. The zero-order chi connectivity index (χ0) is 21.3. The van der Waals surface area contributed by atoms with Crippen molar-refractivity contribution in [2.45, 2.75) is 32.5 Å². The molecular formula is C22H24O7. The van der Waals surface area contributed by atoms with Crippen LogP contribution in [0.5, 0.6) is 28.7 Å². The monoisotopic (exact) mass is 400 g/mol. The van der Waals surface area contributed by atoms with Crippen LogP contribution in [0.4, 0.5) is 0 Å². The SMILES string of the molecule is COc1ccc(C2Oc3c(CC=C(C)C)c(OC)cc(O)c3C(=O)C2O)cc1O. The first-order valence-corrected chi connectivity index (χ1v) is 9.10. The Labute approximate surface area is 168 Å². The number of fused-ring (bicyclic) bond motifs is 1. The van der Waals surface area contributed by atoms with Crippen molar-refractivity contribution in [3.8, 4) is 28.7 Å². The summed E-state index contributed by atoms with van der Waals surface area (Å²) in [7, 11) is 2.89. The van der Waals surface area contributed by atoms with E-state index in [9.17, 15) is 20.1 Å². The fourth-order valence-corrected chi connectivity index (χ4v) is 3.32. The molecule has 7 nitrogen and oxygen atoms in total. The van der Waals surface area contributed by atoms with Crippen LogP contribution in [0.3, 0.4) is 0 Å². The number of phenols is 2. The van der Waals surface area contributed by atoms with Crippen molar-refractivity contribution in [3.63, 3.8) is 0 Å². The first-order chi connectivity index (χ1) is 13.8. The van der Waals surface area contributed by atoms with E-state index in [0.29, 0.717) is 23.3 Å². The van der Waals surface area contributed by atoms with Gasteiger partial charge in [-0.15, -0.1) is 0 Å². The van der Waals surface area contributed by atoms with Gasteiger partial charge in [-0.2, -0.15) is 0 Å². The molecule has 1 aliphatic rings. The van der Waals surface area contributed by atoms with E-state index < -0.39 is 18.0 Å². The Morgan fingerprint density at radius 2 is 1.79 bits per heavy atom. The highest BCUT2D eigenvalue weighted by atomic mass is 16.5. The Morgan fingerprint density at radius 3 is 2.38 bits per heavy atom. The number of ether oxygens (including phenoxy) is 3. The Hall–Kier alpha value is -3.19. The van der Waals surface area contributed by atoms with Crippen molar-refractivity contribution < 1.29 is 34.3 Å². The van der Waals surface area contributed by atoms with E-state index in [4.69, 9.17) is 14.2 Å². The maximum atomic E-state index is 12.9. The van der Waals surface area contributed by atoms with Crippen LogP contribution in [0, 0.1) is 0 Å². The topological polar surface area (TPSA) is 105 Å². The van der Waals surface area contributed by atoms with Gasteiger partial charge in [-0.05, 0) is 38.0 Å². The number of aliphatic hydroxyl groups is 1. The molecular weight excluding hydrogens is 376 g/mol. The molecule has 0 fully saturated rings. The zero-order valence-electron chi connectivity index (χ0n) is 16.7. The molecule has 0 aliphatic carbocycles. The summed E-state index contributed by atoms with van der Waals surface area (Å²) in [4.78, 5) is 12.9. The zero-order valence-corrected chi connectivity index (χ0v) is 16.7. The number of aliphatic hydroxyl groups excluding tert-OH is 1. The summed E-state index contributed by atoms with van der Waals surface area (Å²) in [6.45, 7) is 3.88. The molecule has 0 radical (unpaired) electrons. The standard InChI is InChI=1S/C22H24O7/c1-11(2)5-7-13-17(28-4)10-15(24)18-19(25)20(26)21(29-22(13)18)12-6-8-16(27-3)14(23)9-12/h5-6,8-10,20-21,23-24,26H,7H2,1-4H3. The van der Waals surface area contributed by atoms with Gasteiger partial charge in [0.2, 0.25) is 5.78 Å². The molecule has 154 valence electrons. The third-order valence-electron chi connectivity index (χ3n) is 4.83. The van der Waals surface area contributed by atoms with Crippen LogP contribution in [0.1, 0.15) is 41.4 Å². The van der Waals surface area contributed by atoms with Crippen molar-refractivity contribution in [1.29, 1.82) is 0 Å². The maximum absolute atomic E-state index is 12.9. The van der Waals surface area contributed by atoms with Gasteiger partial charge in [-0.3, -0.25) is 4.79 Å². The summed E-state index contributed by atoms with van der Waals surface area (Å²) >= 11 is 0. The molecule has 0 saturated heterocycles. The van der Waals surface area contributed by atoms with Crippen molar-refractivity contribution in [2.75, 3.05) is 14.2 Å². The molecule has 1 heterocycles. The largest absolute Gasteiger partial charge is 0.507 e. The molecule has 0 spiro atoms. The maximum Gasteiger partial charge on any atom is 0.202 e. The summed E-state index contributed by atoms with van der Waals surface area (Å²) < 4.78 is 16.4. The van der Waals surface area contributed by atoms with Crippen LogP contribution in [-0.2, 0) is 6.42 Å². The molecule has 0 aromatic heterocycles. The van der Waals surface area contributed by atoms with Crippen LogP contribution >= 0.6 is 0 Å². The van der Waals surface area contributed by atoms with Crippen molar-refractivity contribution >= 4 is 5.78 Å². The second-order valence-corrected chi connectivity index (χ2v) is 7.05. The predicted molar refractivity (Wildman–Crippen MR) is 106 cm³/mol. The normalized spacial score (nSPS) is 17.9. The number of carbonyl (C=O) groups excluding carboxylic acids is 1. The molecule has 2 unspecified atom stereocenters. The van der Waals surface area contributed by atoms with Crippen LogP contribution in [0.25, 0.3) is 0 Å². The summed E-state index contributed by atoms with van der Waals surface area (Å²) in [5.74, 6) is -0.330. The van der Waals surface area contributed by atoms with Gasteiger partial charge in [-0.1, -0.05) is 17.7 Å². The average Bonchev–Trinajstić information content (AvgIpc) is 2.68. The molecule has 29 heavy (non-hydrogen) atoms. The van der Waals surface area contributed by atoms with Gasteiger partial charge in [0.25, 0.3) is 0 Å². The number of carbonyl (C=O) groups is 1. The molecule has 3 rings (SSSR count). The quantitative estimate of drug-likeness (QED) is 0.661. The first kappa shape index (κ1) is 20.5. The molecule has 0 amide bonds. The smallest absolute Gasteiger partial charge is 0.202 e. The van der Waals surface area contributed by atoms with Crippen LogP contribution in [0.15, 0.2) is 35.9 Å². The molecule has 0 saturated carbocycles. The molecule has 7 heteroatoms. The van der Waals surface area contributed by atoms with Gasteiger partial charge in [0, 0.05) is 11.6 Å². The number of benzene rings is 2. The number of aromatic hydroxyl groups is 2. The Kier molecular flexibility index (Phi) is 5.70. The lowest BCUT2D eigenvalue weighted by atomic mass is 9.90. The Balaban J connectivity index is 2.14. The lowest BCUT2D eigenvalue weighted by Gasteiger charge is -2.32. The summed E-state index contributed by atoms with van der Waals surface area (Å²) in [6.07, 6.45) is -0.255. The van der Waals surface area contributed by atoms with Crippen molar-refractivity contribution in [1.82, 2.24) is 0 Å². The number of phenolic OH excluding ortho intramolecular Hbond substituents is 2. The lowest BCUT2D eigenvalue weighted by molar-refractivity contribution is 0.0205. The fourth-order valence-electron chi connectivity index (χ4n) is 3.32. The summed E-state index contributed by atoms with van der Waals surface area (Å²) in [6, 6.07) is 5.84. The molecule has 3 N–H and O–H groups in total. The van der Waals surface area contributed by atoms with E-state index in [1.54, 1.807) is 6.07 Å². The second-order valence-electron chi connectivity index (χ2n) is 7.05. The average molecular weight is 400 g/mol. The van der Waals surface area contributed by atoms with E-state index in [1.807, 2.05) is 19.9 Å². The third-order valence-corrected chi connectivity index (χ3v) is 4.83. The van der Waals surface area contributed by atoms with Crippen LogP contribution in [-0.4, -0.2) is 41.4 Å². The summed E-state index contributed by atoms with van der Waals surface area (Å²) in [5.41, 5.74) is 1.96. The molecule has 0 bridgehead atoms. The predicted octanol–water partition coefficient (Wildman–Crippen LogP) is 3.30. The van der Waals surface area contributed by atoms with Crippen molar-refractivity contribution in [2.24, 2.45) is 0 Å². The van der Waals surface area contributed by atoms with Gasteiger partial charge < -0.3 is 29.5 Å². The Morgan fingerprint density at radius 1 is 1.10 bits per heavy atom. The fraction of sp³-hybridized carbons (Fsp3) is 0.318. The Bertz CT molecular complexity index is 974. The number of hydrogen-bond acceptors (Lipinski definition) is 7. The molecule has 2 atom stereocenters. The highest BCUT2D eigenvalue weighted by Gasteiger charge is 2.41. The minimum Gasteiger partial charge on any atom is -0.507 e. The molecule has 2 aromatic carbocycles. The van der Waals surface area contributed by atoms with Crippen LogP contribution in [0.2, 0.25) is 0 Å². The molecule has 1 aliphatic heterocycles. The number of methoxy groups -OCH3 is 2.